The van der Waals surface area contributed by atoms with Crippen LogP contribution in [0.3, 0.4) is 0 Å². The highest BCUT2D eigenvalue weighted by Crippen LogP contribution is 2.65. The van der Waals surface area contributed by atoms with Crippen LogP contribution in [0.15, 0.2) is 47.0 Å². The highest BCUT2D eigenvalue weighted by Gasteiger charge is 2.71. The Morgan fingerprint density at radius 3 is 2.62 bits per heavy atom. The zero-order valence-corrected chi connectivity index (χ0v) is 24.1. The minimum atomic E-state index is -1.02. The lowest BCUT2D eigenvalue weighted by Gasteiger charge is -2.58. The molecule has 208 valence electrons. The average Bonchev–Trinajstić information content (AvgIpc) is 3.20. The van der Waals surface area contributed by atoms with Gasteiger partial charge in [0.1, 0.15) is 18.5 Å². The minimum absolute atomic E-state index is 0.00296. The summed E-state index contributed by atoms with van der Waals surface area (Å²) in [6.45, 7) is 14.0. The number of aliphatic hydroxyl groups is 2. The van der Waals surface area contributed by atoms with E-state index in [0.29, 0.717) is 13.0 Å². The van der Waals surface area contributed by atoms with Crippen molar-refractivity contribution in [1.29, 1.82) is 0 Å². The Bertz CT molecular complexity index is 923. The van der Waals surface area contributed by atoms with E-state index in [4.69, 9.17) is 9.47 Å². The molecule has 0 radical (unpaired) electrons. The number of nitrogens with one attached hydrogen (secondary N) is 1. The van der Waals surface area contributed by atoms with Crippen molar-refractivity contribution in [2.75, 3.05) is 13.2 Å². The van der Waals surface area contributed by atoms with E-state index in [-0.39, 0.29) is 17.9 Å². The van der Waals surface area contributed by atoms with Gasteiger partial charge in [-0.15, -0.1) is 0 Å². The summed E-state index contributed by atoms with van der Waals surface area (Å²) in [5, 5.41) is 27.3. The van der Waals surface area contributed by atoms with Crippen LogP contribution >= 0.6 is 0 Å². The minimum Gasteiger partial charge on any atom is -0.487 e. The summed E-state index contributed by atoms with van der Waals surface area (Å²) in [6.07, 6.45) is 15.8. The van der Waals surface area contributed by atoms with Gasteiger partial charge < -0.3 is 25.0 Å². The largest absolute Gasteiger partial charge is 0.487 e. The molecule has 37 heavy (non-hydrogen) atoms. The molecule has 0 aromatic carbocycles. The van der Waals surface area contributed by atoms with Gasteiger partial charge in [-0.05, 0) is 103 Å². The number of ether oxygens (including phenoxy) is 2. The Morgan fingerprint density at radius 2 is 2.00 bits per heavy atom. The molecule has 1 heterocycles. The maximum atomic E-state index is 12.3. The normalized spacial score (nSPS) is 36.1. The van der Waals surface area contributed by atoms with Gasteiger partial charge >= 0.3 is 0 Å². The Balaban J connectivity index is 1.59. The van der Waals surface area contributed by atoms with Crippen molar-refractivity contribution in [3.05, 3.63) is 47.0 Å². The number of hydrogen-bond donors (Lipinski definition) is 3. The van der Waals surface area contributed by atoms with Gasteiger partial charge in [-0.1, -0.05) is 43.6 Å². The summed E-state index contributed by atoms with van der Waals surface area (Å²) in [5.74, 6) is 2.56. The number of rotatable bonds is 12. The van der Waals surface area contributed by atoms with Crippen LogP contribution in [0.25, 0.3) is 0 Å². The molecule has 0 amide bonds. The van der Waals surface area contributed by atoms with Crippen LogP contribution in [0.1, 0.15) is 92.9 Å². The van der Waals surface area contributed by atoms with Gasteiger partial charge in [0, 0.05) is 12.0 Å². The molecule has 5 heteroatoms. The number of aliphatic hydroxyl groups excluding tert-OH is 1. The van der Waals surface area contributed by atoms with Gasteiger partial charge in [-0.25, -0.2) is 0 Å². The smallest absolute Gasteiger partial charge is 0.157 e. The molecule has 4 rings (SSSR count). The molecular formula is C32H51NO4. The third kappa shape index (κ3) is 5.33. The van der Waals surface area contributed by atoms with E-state index in [1.54, 1.807) is 0 Å². The van der Waals surface area contributed by atoms with Crippen molar-refractivity contribution < 1.29 is 19.7 Å². The van der Waals surface area contributed by atoms with Crippen LogP contribution in [0.2, 0.25) is 0 Å². The summed E-state index contributed by atoms with van der Waals surface area (Å²) in [4.78, 5) is 0. The van der Waals surface area contributed by atoms with Gasteiger partial charge in [0.15, 0.2) is 5.76 Å². The molecule has 0 aromatic rings. The van der Waals surface area contributed by atoms with Crippen molar-refractivity contribution in [3.8, 4) is 0 Å². The fourth-order valence-electron chi connectivity index (χ4n) is 7.35. The van der Waals surface area contributed by atoms with Crippen molar-refractivity contribution in [2.24, 2.45) is 23.2 Å². The van der Waals surface area contributed by atoms with E-state index in [1.807, 2.05) is 13.8 Å². The van der Waals surface area contributed by atoms with Crippen LogP contribution in [0.5, 0.6) is 0 Å². The van der Waals surface area contributed by atoms with E-state index in [9.17, 15) is 10.2 Å². The molecule has 1 saturated heterocycles. The first-order valence-corrected chi connectivity index (χ1v) is 14.8. The van der Waals surface area contributed by atoms with Gasteiger partial charge in [0.2, 0.25) is 0 Å². The maximum absolute atomic E-state index is 12.3. The molecule has 1 aliphatic heterocycles. The Morgan fingerprint density at radius 1 is 1.24 bits per heavy atom. The van der Waals surface area contributed by atoms with Crippen LogP contribution in [-0.2, 0) is 9.47 Å². The SMILES string of the molecule is CCC(O)C1OC2=C(OC/C=C(\C)CCC=C(C)C)C=CC3CC(NCC4CCC4)C(C)(O)C1(CC)C23. The maximum Gasteiger partial charge on any atom is 0.157 e. The third-order valence-corrected chi connectivity index (χ3v) is 9.89. The second-order valence-corrected chi connectivity index (χ2v) is 12.5. The topological polar surface area (TPSA) is 71.0 Å². The van der Waals surface area contributed by atoms with Gasteiger partial charge in [-0.3, -0.25) is 0 Å². The zero-order chi connectivity index (χ0) is 26.8. The summed E-state index contributed by atoms with van der Waals surface area (Å²) < 4.78 is 13.0. The molecule has 7 atom stereocenters. The molecule has 3 N–H and O–H groups in total. The van der Waals surface area contributed by atoms with Crippen molar-refractivity contribution >= 4 is 0 Å². The van der Waals surface area contributed by atoms with E-state index in [2.05, 4.69) is 57.3 Å². The van der Waals surface area contributed by atoms with Gasteiger partial charge in [0.05, 0.1) is 17.1 Å². The second kappa shape index (κ2) is 11.7. The van der Waals surface area contributed by atoms with E-state index < -0.39 is 23.2 Å². The van der Waals surface area contributed by atoms with Gasteiger partial charge in [-0.2, -0.15) is 0 Å². The molecule has 3 aliphatic carbocycles. The first-order chi connectivity index (χ1) is 17.7. The quantitative estimate of drug-likeness (QED) is 0.272. The predicted octanol–water partition coefficient (Wildman–Crippen LogP) is 6.19. The molecule has 0 aromatic heterocycles. The molecule has 0 bridgehead atoms. The van der Waals surface area contributed by atoms with Crippen LogP contribution < -0.4 is 5.32 Å². The van der Waals surface area contributed by atoms with Crippen molar-refractivity contribution in [3.63, 3.8) is 0 Å². The summed E-state index contributed by atoms with van der Waals surface area (Å²) in [5.41, 5.74) is 1.06. The van der Waals surface area contributed by atoms with E-state index in [1.165, 1.54) is 30.4 Å². The first kappa shape index (κ1) is 28.4. The van der Waals surface area contributed by atoms with Crippen molar-refractivity contribution in [1.82, 2.24) is 5.32 Å². The lowest BCUT2D eigenvalue weighted by molar-refractivity contribution is -0.190. The predicted molar refractivity (Wildman–Crippen MR) is 150 cm³/mol. The monoisotopic (exact) mass is 513 g/mol. The fourth-order valence-corrected chi connectivity index (χ4v) is 7.35. The zero-order valence-electron chi connectivity index (χ0n) is 24.1. The van der Waals surface area contributed by atoms with Gasteiger partial charge in [0.25, 0.3) is 0 Å². The number of hydrogen-bond acceptors (Lipinski definition) is 5. The molecule has 0 spiro atoms. The van der Waals surface area contributed by atoms with Crippen molar-refractivity contribution in [2.45, 2.75) is 117 Å². The third-order valence-electron chi connectivity index (χ3n) is 9.89. The van der Waals surface area contributed by atoms with Crippen LogP contribution in [0, 0.1) is 23.2 Å². The average molecular weight is 514 g/mol. The summed E-state index contributed by atoms with van der Waals surface area (Å²) >= 11 is 0. The highest BCUT2D eigenvalue weighted by atomic mass is 16.5. The molecular weight excluding hydrogens is 462 g/mol. The lowest BCUT2D eigenvalue weighted by atomic mass is 9.49. The highest BCUT2D eigenvalue weighted by molar-refractivity contribution is 5.36. The number of allylic oxidation sites excluding steroid dienone is 6. The molecule has 4 aliphatic rings. The van der Waals surface area contributed by atoms with E-state index >= 15 is 0 Å². The molecule has 5 nitrogen and oxygen atoms in total. The summed E-state index contributed by atoms with van der Waals surface area (Å²) in [6, 6.07) is -0.0395. The Kier molecular flexibility index (Phi) is 8.97. The molecule has 2 saturated carbocycles. The summed E-state index contributed by atoms with van der Waals surface area (Å²) in [7, 11) is 0. The Labute approximate surface area is 225 Å². The second-order valence-electron chi connectivity index (χ2n) is 12.5. The fraction of sp³-hybridized carbons (Fsp3) is 0.750. The lowest BCUT2D eigenvalue weighted by Crippen LogP contribution is -2.70. The Hall–Kier alpha value is -1.56. The molecule has 3 fully saturated rings. The van der Waals surface area contributed by atoms with Crippen LogP contribution in [0.4, 0.5) is 0 Å². The standard InChI is InChI=1S/C32H51NO4/c1-7-25(34)30-32(8-2)28-24(19-27(31(32,6)35)33-20-23-13-10-14-23)15-16-26(29(28)37-30)36-18-17-22(5)12-9-11-21(3)4/h11,15-17,23-25,27-28,30,33-35H,7-10,12-14,18-20H2,1-6H3/b22-17+. The van der Waals surface area contributed by atoms with Crippen LogP contribution in [-0.4, -0.2) is 47.2 Å². The first-order valence-electron chi connectivity index (χ1n) is 14.8. The van der Waals surface area contributed by atoms with E-state index in [0.717, 1.165) is 49.7 Å². The molecule has 7 unspecified atom stereocenters.